The predicted octanol–water partition coefficient (Wildman–Crippen LogP) is 2.47. The van der Waals surface area contributed by atoms with Crippen LogP contribution in [-0.4, -0.2) is 31.2 Å². The molecule has 21 heavy (non-hydrogen) atoms. The fourth-order valence-electron chi connectivity index (χ4n) is 2.28. The largest absolute Gasteiger partial charge is 0.451 e. The van der Waals surface area contributed by atoms with Gasteiger partial charge in [0.05, 0.1) is 12.2 Å². The number of nitrogens with zero attached hydrogens (tertiary/aromatic N) is 5. The maximum Gasteiger partial charge on any atom is 0.451 e. The SMILES string of the molecule is FC(F)(F)c1nnc2n1CCN(Cc1ccc(Br)cn1)C2. The van der Waals surface area contributed by atoms with Crippen LogP contribution in [0.2, 0.25) is 0 Å². The van der Waals surface area contributed by atoms with Crippen molar-refractivity contribution in [3.63, 3.8) is 0 Å². The van der Waals surface area contributed by atoms with Crippen molar-refractivity contribution in [3.8, 4) is 0 Å². The quantitative estimate of drug-likeness (QED) is 0.824. The topological polar surface area (TPSA) is 46.8 Å². The third-order valence-corrected chi connectivity index (χ3v) is 3.73. The van der Waals surface area contributed by atoms with Gasteiger partial charge >= 0.3 is 6.18 Å². The molecule has 0 unspecified atom stereocenters. The molecular formula is C12H11BrF3N5. The van der Waals surface area contributed by atoms with Gasteiger partial charge in [0, 0.05) is 30.3 Å². The summed E-state index contributed by atoms with van der Waals surface area (Å²) in [6, 6.07) is 3.76. The first kappa shape index (κ1) is 14.5. The molecule has 0 atom stereocenters. The summed E-state index contributed by atoms with van der Waals surface area (Å²) in [7, 11) is 0. The van der Waals surface area contributed by atoms with Crippen LogP contribution in [0.5, 0.6) is 0 Å². The molecule has 3 rings (SSSR count). The van der Waals surface area contributed by atoms with E-state index in [1.807, 2.05) is 17.0 Å². The summed E-state index contributed by atoms with van der Waals surface area (Å²) in [5, 5.41) is 6.91. The summed E-state index contributed by atoms with van der Waals surface area (Å²) in [6.45, 7) is 1.64. The minimum Gasteiger partial charge on any atom is -0.305 e. The molecule has 0 aromatic carbocycles. The summed E-state index contributed by atoms with van der Waals surface area (Å²) in [5.41, 5.74) is 0.863. The lowest BCUT2D eigenvalue weighted by atomic mass is 10.3. The number of halogens is 4. The number of alkyl halides is 3. The summed E-state index contributed by atoms with van der Waals surface area (Å²) in [6.07, 6.45) is -2.76. The lowest BCUT2D eigenvalue weighted by molar-refractivity contribution is -0.148. The van der Waals surface area contributed by atoms with Gasteiger partial charge in [0.15, 0.2) is 0 Å². The van der Waals surface area contributed by atoms with Crippen LogP contribution in [0.25, 0.3) is 0 Å². The minimum absolute atomic E-state index is 0.230. The Morgan fingerprint density at radius 2 is 2.00 bits per heavy atom. The van der Waals surface area contributed by atoms with Gasteiger partial charge in [0.2, 0.25) is 5.82 Å². The lowest BCUT2D eigenvalue weighted by Crippen LogP contribution is -2.35. The third-order valence-electron chi connectivity index (χ3n) is 3.26. The third kappa shape index (κ3) is 3.08. The molecule has 0 spiro atoms. The van der Waals surface area contributed by atoms with Gasteiger partial charge in [-0.1, -0.05) is 0 Å². The molecule has 2 aromatic rings. The van der Waals surface area contributed by atoms with Gasteiger partial charge in [-0.3, -0.25) is 9.88 Å². The van der Waals surface area contributed by atoms with E-state index < -0.39 is 12.0 Å². The molecule has 0 fully saturated rings. The van der Waals surface area contributed by atoms with Gasteiger partial charge in [-0.05, 0) is 28.1 Å². The Morgan fingerprint density at radius 3 is 2.67 bits per heavy atom. The molecule has 0 N–H and O–H groups in total. The molecule has 0 aliphatic carbocycles. The second-order valence-corrected chi connectivity index (χ2v) is 5.68. The van der Waals surface area contributed by atoms with E-state index in [9.17, 15) is 13.2 Å². The van der Waals surface area contributed by atoms with Gasteiger partial charge in [0.25, 0.3) is 0 Å². The van der Waals surface area contributed by atoms with Crippen LogP contribution in [0.4, 0.5) is 13.2 Å². The normalized spacial score (nSPS) is 16.0. The maximum atomic E-state index is 12.7. The molecule has 1 aliphatic heterocycles. The van der Waals surface area contributed by atoms with E-state index in [0.29, 0.717) is 25.5 Å². The van der Waals surface area contributed by atoms with Crippen LogP contribution in [0.1, 0.15) is 17.3 Å². The Kier molecular flexibility index (Phi) is 3.70. The molecule has 5 nitrogen and oxygen atoms in total. The van der Waals surface area contributed by atoms with Crippen molar-refractivity contribution in [2.45, 2.75) is 25.8 Å². The van der Waals surface area contributed by atoms with Crippen molar-refractivity contribution < 1.29 is 13.2 Å². The van der Waals surface area contributed by atoms with Crippen molar-refractivity contribution in [2.75, 3.05) is 6.54 Å². The Labute approximate surface area is 126 Å². The van der Waals surface area contributed by atoms with E-state index >= 15 is 0 Å². The van der Waals surface area contributed by atoms with Crippen molar-refractivity contribution >= 4 is 15.9 Å². The fourth-order valence-corrected chi connectivity index (χ4v) is 2.52. The molecule has 1 aliphatic rings. The van der Waals surface area contributed by atoms with Gasteiger partial charge < -0.3 is 4.57 Å². The van der Waals surface area contributed by atoms with E-state index in [4.69, 9.17) is 0 Å². The highest BCUT2D eigenvalue weighted by molar-refractivity contribution is 9.10. The molecule has 2 aromatic heterocycles. The van der Waals surface area contributed by atoms with Gasteiger partial charge in [-0.25, -0.2) is 0 Å². The number of rotatable bonds is 2. The zero-order valence-corrected chi connectivity index (χ0v) is 12.4. The van der Waals surface area contributed by atoms with Crippen molar-refractivity contribution in [1.82, 2.24) is 24.6 Å². The number of aromatic nitrogens is 4. The van der Waals surface area contributed by atoms with Gasteiger partial charge in [-0.2, -0.15) is 13.2 Å². The number of fused-ring (bicyclic) bond motifs is 1. The van der Waals surface area contributed by atoms with E-state index in [-0.39, 0.29) is 6.54 Å². The average Bonchev–Trinajstić information content (AvgIpc) is 2.84. The monoisotopic (exact) mass is 361 g/mol. The molecule has 112 valence electrons. The van der Waals surface area contributed by atoms with E-state index in [1.165, 1.54) is 0 Å². The number of hydrogen-bond donors (Lipinski definition) is 0. The molecule has 0 saturated heterocycles. The van der Waals surface area contributed by atoms with E-state index in [0.717, 1.165) is 14.7 Å². The van der Waals surface area contributed by atoms with E-state index in [2.05, 4.69) is 31.1 Å². The second-order valence-electron chi connectivity index (χ2n) is 4.77. The van der Waals surface area contributed by atoms with Crippen LogP contribution in [-0.2, 0) is 25.8 Å². The molecule has 0 saturated carbocycles. The standard InChI is InChI=1S/C12H11BrF3N5/c13-8-1-2-9(17-5-8)6-20-3-4-21-10(7-20)18-19-11(21)12(14,15)16/h1-2,5H,3-4,6-7H2. The highest BCUT2D eigenvalue weighted by atomic mass is 79.9. The highest BCUT2D eigenvalue weighted by Gasteiger charge is 2.39. The summed E-state index contributed by atoms with van der Waals surface area (Å²) < 4.78 is 40.3. The van der Waals surface area contributed by atoms with Crippen LogP contribution < -0.4 is 0 Å². The summed E-state index contributed by atoms with van der Waals surface area (Å²) >= 11 is 3.31. The van der Waals surface area contributed by atoms with Crippen LogP contribution in [0, 0.1) is 0 Å². The minimum atomic E-state index is -4.46. The van der Waals surface area contributed by atoms with Crippen molar-refractivity contribution in [2.24, 2.45) is 0 Å². The molecule has 3 heterocycles. The highest BCUT2D eigenvalue weighted by Crippen LogP contribution is 2.29. The van der Waals surface area contributed by atoms with Crippen LogP contribution >= 0.6 is 15.9 Å². The number of pyridine rings is 1. The predicted molar refractivity (Wildman–Crippen MR) is 71.1 cm³/mol. The molecule has 0 amide bonds. The molecule has 0 radical (unpaired) electrons. The van der Waals surface area contributed by atoms with Crippen molar-refractivity contribution in [3.05, 3.63) is 40.1 Å². The Morgan fingerprint density at radius 1 is 1.19 bits per heavy atom. The zero-order valence-electron chi connectivity index (χ0n) is 10.8. The van der Waals surface area contributed by atoms with Crippen LogP contribution in [0.3, 0.4) is 0 Å². The van der Waals surface area contributed by atoms with Crippen molar-refractivity contribution in [1.29, 1.82) is 0 Å². The molecular weight excluding hydrogens is 351 g/mol. The molecule has 9 heteroatoms. The Hall–Kier alpha value is -1.48. The second kappa shape index (κ2) is 5.38. The van der Waals surface area contributed by atoms with Crippen LogP contribution in [0.15, 0.2) is 22.8 Å². The first-order chi connectivity index (χ1) is 9.93. The smallest absolute Gasteiger partial charge is 0.305 e. The summed E-state index contributed by atoms with van der Waals surface area (Å²) in [5.74, 6) is -0.579. The first-order valence-electron chi connectivity index (χ1n) is 6.25. The molecule has 0 bridgehead atoms. The Balaban J connectivity index is 1.73. The lowest BCUT2D eigenvalue weighted by Gasteiger charge is -2.27. The first-order valence-corrected chi connectivity index (χ1v) is 7.05. The van der Waals surface area contributed by atoms with E-state index in [1.54, 1.807) is 6.20 Å². The number of hydrogen-bond acceptors (Lipinski definition) is 4. The van der Waals surface area contributed by atoms with Gasteiger partial charge in [0.1, 0.15) is 5.82 Å². The zero-order chi connectivity index (χ0) is 15.0. The van der Waals surface area contributed by atoms with Gasteiger partial charge in [-0.15, -0.1) is 10.2 Å². The summed E-state index contributed by atoms with van der Waals surface area (Å²) in [4.78, 5) is 6.26. The average molecular weight is 362 g/mol. The Bertz CT molecular complexity index is 637. The fraction of sp³-hybridized carbons (Fsp3) is 0.417. The maximum absolute atomic E-state index is 12.7.